The number of hydrogen-bond acceptors (Lipinski definition) is 2. The molecule has 88 valence electrons. The van der Waals surface area contributed by atoms with E-state index in [1.807, 2.05) is 24.3 Å². The van der Waals surface area contributed by atoms with E-state index in [-0.39, 0.29) is 4.75 Å². The third-order valence-corrected chi connectivity index (χ3v) is 5.54. The maximum Gasteiger partial charge on any atom is 0.108 e. The molecule has 3 heteroatoms. The fourth-order valence-corrected chi connectivity index (χ4v) is 4.96. The number of nitrogens with zero attached hydrogens (tertiary/aromatic N) is 1. The molecule has 0 amide bonds. The first-order chi connectivity index (χ1) is 8.15. The van der Waals surface area contributed by atoms with Crippen LogP contribution < -0.4 is 0 Å². The molecule has 2 aliphatic carbocycles. The Balaban J connectivity index is 1.74. The van der Waals surface area contributed by atoms with Crippen molar-refractivity contribution in [3.05, 3.63) is 29.3 Å². The summed E-state index contributed by atoms with van der Waals surface area (Å²) >= 11 is 7.67. The van der Waals surface area contributed by atoms with Gasteiger partial charge in [0.25, 0.3) is 0 Å². The van der Waals surface area contributed by atoms with Crippen molar-refractivity contribution in [3.63, 3.8) is 0 Å². The molecule has 0 N–H and O–H groups in total. The molecule has 0 aromatic heterocycles. The summed E-state index contributed by atoms with van der Waals surface area (Å²) in [6.45, 7) is 0. The van der Waals surface area contributed by atoms with Gasteiger partial charge in [-0.2, -0.15) is 5.26 Å². The summed E-state index contributed by atoms with van der Waals surface area (Å²) in [5.74, 6) is 0. The van der Waals surface area contributed by atoms with Gasteiger partial charge in [0.15, 0.2) is 0 Å². The molecule has 0 heterocycles. The first kappa shape index (κ1) is 11.4. The van der Waals surface area contributed by atoms with E-state index in [1.165, 1.54) is 19.3 Å². The number of nitriles is 1. The van der Waals surface area contributed by atoms with E-state index in [1.54, 1.807) is 11.8 Å². The predicted octanol–water partition coefficient (Wildman–Crippen LogP) is 4.66. The smallest absolute Gasteiger partial charge is 0.108 e. The average molecular weight is 264 g/mol. The number of halogens is 1. The largest absolute Gasteiger partial charge is 0.197 e. The van der Waals surface area contributed by atoms with Crippen molar-refractivity contribution < 1.29 is 0 Å². The lowest BCUT2D eigenvalue weighted by atomic mass is 9.52. The minimum atomic E-state index is -0.189. The van der Waals surface area contributed by atoms with Gasteiger partial charge in [0, 0.05) is 9.92 Å². The maximum absolute atomic E-state index is 9.42. The first-order valence-corrected chi connectivity index (χ1v) is 7.21. The fraction of sp³-hybridized carbons (Fsp3) is 0.500. The topological polar surface area (TPSA) is 23.8 Å². The van der Waals surface area contributed by atoms with Gasteiger partial charge in [-0.25, -0.2) is 0 Å². The summed E-state index contributed by atoms with van der Waals surface area (Å²) < 4.78 is -0.189. The third kappa shape index (κ3) is 1.96. The number of thioether (sulfide) groups is 1. The van der Waals surface area contributed by atoms with Crippen LogP contribution in [0.4, 0.5) is 0 Å². The van der Waals surface area contributed by atoms with E-state index < -0.39 is 0 Å². The first-order valence-electron chi connectivity index (χ1n) is 6.01. The van der Waals surface area contributed by atoms with Gasteiger partial charge in [-0.3, -0.25) is 0 Å². The van der Waals surface area contributed by atoms with Crippen LogP contribution >= 0.6 is 23.4 Å². The molecule has 0 saturated heterocycles. The molecule has 2 fully saturated rings. The van der Waals surface area contributed by atoms with Crippen molar-refractivity contribution in [1.82, 2.24) is 0 Å². The zero-order chi connectivity index (χ0) is 11.9. The molecule has 1 aromatic carbocycles. The van der Waals surface area contributed by atoms with Crippen LogP contribution in [0.2, 0.25) is 5.02 Å². The van der Waals surface area contributed by atoms with Crippen LogP contribution in [0.3, 0.4) is 0 Å². The van der Waals surface area contributed by atoms with E-state index in [9.17, 15) is 5.26 Å². The van der Waals surface area contributed by atoms with Crippen LogP contribution in [0.15, 0.2) is 29.2 Å². The summed E-state index contributed by atoms with van der Waals surface area (Å²) in [5.41, 5.74) is 0.529. The summed E-state index contributed by atoms with van der Waals surface area (Å²) in [7, 11) is 0. The monoisotopic (exact) mass is 263 g/mol. The van der Waals surface area contributed by atoms with E-state index in [0.29, 0.717) is 5.41 Å². The van der Waals surface area contributed by atoms with Crippen molar-refractivity contribution in [2.75, 3.05) is 0 Å². The second kappa shape index (κ2) is 3.93. The molecule has 1 spiro atoms. The lowest BCUT2D eigenvalue weighted by Gasteiger charge is -2.57. The molecule has 1 aromatic rings. The number of rotatable bonds is 2. The SMILES string of the molecule is N#CC1(Sc2cccc(Cl)c2)CC2(CCC2)C1. The van der Waals surface area contributed by atoms with E-state index in [2.05, 4.69) is 6.07 Å². The lowest BCUT2D eigenvalue weighted by molar-refractivity contribution is 0.0152. The highest BCUT2D eigenvalue weighted by molar-refractivity contribution is 8.01. The zero-order valence-electron chi connectivity index (χ0n) is 9.58. The molecular formula is C14H14ClNS. The van der Waals surface area contributed by atoms with Crippen LogP contribution in [0.1, 0.15) is 32.1 Å². The second-order valence-electron chi connectivity index (χ2n) is 5.37. The highest BCUT2D eigenvalue weighted by Gasteiger charge is 2.58. The van der Waals surface area contributed by atoms with Crippen molar-refractivity contribution in [2.45, 2.75) is 41.7 Å². The minimum Gasteiger partial charge on any atom is -0.197 e. The Bertz CT molecular complexity index is 479. The van der Waals surface area contributed by atoms with E-state index >= 15 is 0 Å². The molecular weight excluding hydrogens is 250 g/mol. The molecule has 0 bridgehead atoms. The lowest BCUT2D eigenvalue weighted by Crippen LogP contribution is -2.52. The minimum absolute atomic E-state index is 0.189. The van der Waals surface area contributed by atoms with Gasteiger partial charge in [-0.05, 0) is 49.3 Å². The Morgan fingerprint density at radius 1 is 1.29 bits per heavy atom. The molecule has 0 atom stereocenters. The third-order valence-electron chi connectivity index (χ3n) is 4.05. The van der Waals surface area contributed by atoms with Gasteiger partial charge in [0.2, 0.25) is 0 Å². The molecule has 0 aliphatic heterocycles. The second-order valence-corrected chi connectivity index (χ2v) is 7.27. The summed E-state index contributed by atoms with van der Waals surface area (Å²) in [5, 5.41) is 10.2. The van der Waals surface area contributed by atoms with Crippen LogP contribution in [0.25, 0.3) is 0 Å². The van der Waals surface area contributed by atoms with Crippen molar-refractivity contribution in [3.8, 4) is 6.07 Å². The van der Waals surface area contributed by atoms with Crippen LogP contribution in [-0.2, 0) is 0 Å². The fourth-order valence-electron chi connectivity index (χ4n) is 3.12. The Morgan fingerprint density at radius 2 is 2.06 bits per heavy atom. The van der Waals surface area contributed by atoms with E-state index in [0.717, 1.165) is 22.8 Å². The molecule has 3 rings (SSSR count). The normalized spacial score (nSPS) is 23.5. The van der Waals surface area contributed by atoms with Crippen molar-refractivity contribution >= 4 is 23.4 Å². The van der Waals surface area contributed by atoms with Crippen molar-refractivity contribution in [2.24, 2.45) is 5.41 Å². The van der Waals surface area contributed by atoms with Crippen LogP contribution in [-0.4, -0.2) is 4.75 Å². The van der Waals surface area contributed by atoms with Gasteiger partial charge in [0.1, 0.15) is 4.75 Å². The number of benzene rings is 1. The molecule has 17 heavy (non-hydrogen) atoms. The molecule has 0 unspecified atom stereocenters. The summed E-state index contributed by atoms with van der Waals surface area (Å²) in [4.78, 5) is 1.12. The summed E-state index contributed by atoms with van der Waals surface area (Å²) in [6.07, 6.45) is 6.13. The van der Waals surface area contributed by atoms with Gasteiger partial charge in [0.05, 0.1) is 6.07 Å². The number of hydrogen-bond donors (Lipinski definition) is 0. The standard InChI is InChI=1S/C14H14ClNS/c15-11-3-1-4-12(7-11)17-14(10-16)8-13(9-14)5-2-6-13/h1,3-4,7H,2,5-6,8-9H2. The van der Waals surface area contributed by atoms with Crippen LogP contribution in [0.5, 0.6) is 0 Å². The van der Waals surface area contributed by atoms with Gasteiger partial charge in [-0.15, -0.1) is 11.8 Å². The maximum atomic E-state index is 9.42. The highest BCUT2D eigenvalue weighted by atomic mass is 35.5. The summed E-state index contributed by atoms with van der Waals surface area (Å²) in [6, 6.07) is 10.4. The Labute approximate surface area is 111 Å². The zero-order valence-corrected chi connectivity index (χ0v) is 11.2. The predicted molar refractivity (Wildman–Crippen MR) is 71.2 cm³/mol. The molecule has 1 nitrogen and oxygen atoms in total. The Hall–Kier alpha value is -0.650. The average Bonchev–Trinajstić information content (AvgIpc) is 2.20. The van der Waals surface area contributed by atoms with Gasteiger partial charge < -0.3 is 0 Å². The molecule has 0 radical (unpaired) electrons. The van der Waals surface area contributed by atoms with Crippen LogP contribution in [0, 0.1) is 16.7 Å². The highest BCUT2D eigenvalue weighted by Crippen LogP contribution is 2.65. The van der Waals surface area contributed by atoms with Crippen molar-refractivity contribution in [1.29, 1.82) is 5.26 Å². The van der Waals surface area contributed by atoms with E-state index in [4.69, 9.17) is 11.6 Å². The molecule has 2 aliphatic rings. The Kier molecular flexibility index (Phi) is 2.65. The van der Waals surface area contributed by atoms with Gasteiger partial charge >= 0.3 is 0 Å². The Morgan fingerprint density at radius 3 is 2.59 bits per heavy atom. The van der Waals surface area contributed by atoms with Gasteiger partial charge in [-0.1, -0.05) is 24.1 Å². The quantitative estimate of drug-likeness (QED) is 0.775. The molecule has 2 saturated carbocycles.